The average molecular weight is 529 g/mol. The number of benzene rings is 1. The van der Waals surface area contributed by atoms with Crippen LogP contribution < -0.4 is 10.2 Å². The van der Waals surface area contributed by atoms with Crippen molar-refractivity contribution < 1.29 is 19.1 Å². The number of rotatable bonds is 4. The molecule has 0 fully saturated rings. The van der Waals surface area contributed by atoms with E-state index in [0.29, 0.717) is 11.0 Å². The first-order valence-corrected chi connectivity index (χ1v) is 11.6. The molecule has 0 radical (unpaired) electrons. The number of anilines is 2. The molecule has 2 heterocycles. The van der Waals surface area contributed by atoms with Crippen LogP contribution in [-0.4, -0.2) is 33.4 Å². The van der Waals surface area contributed by atoms with Gasteiger partial charge < -0.3 is 14.8 Å². The quantitative estimate of drug-likeness (QED) is 0.403. The SMILES string of the molecule is CC(C)(C)OC(=O)N(C(=O)OC(C)(C)C)c1ncc2ccc(CNc3ccncc3)cc2c1Br. The Hall–Kier alpha value is -3.20. The molecule has 1 N–H and O–H groups in total. The average Bonchev–Trinajstić information content (AvgIpc) is 2.72. The second kappa shape index (κ2) is 9.97. The van der Waals surface area contributed by atoms with Crippen LogP contribution in [0, 0.1) is 0 Å². The number of imide groups is 1. The third-order valence-corrected chi connectivity index (χ3v) is 5.20. The lowest BCUT2D eigenvalue weighted by Gasteiger charge is -2.28. The van der Waals surface area contributed by atoms with E-state index in [0.717, 1.165) is 26.9 Å². The lowest BCUT2D eigenvalue weighted by Crippen LogP contribution is -2.44. The number of amides is 2. The molecule has 1 aromatic carbocycles. The Kier molecular flexibility index (Phi) is 7.45. The number of nitrogens with one attached hydrogen (secondary N) is 1. The van der Waals surface area contributed by atoms with E-state index in [1.165, 1.54) is 0 Å². The molecule has 0 aliphatic heterocycles. The van der Waals surface area contributed by atoms with Crippen molar-refractivity contribution >= 4 is 50.4 Å². The number of hydrogen-bond donors (Lipinski definition) is 1. The summed E-state index contributed by atoms with van der Waals surface area (Å²) < 4.78 is 11.4. The predicted octanol–water partition coefficient (Wildman–Crippen LogP) is 6.68. The summed E-state index contributed by atoms with van der Waals surface area (Å²) in [5, 5.41) is 4.97. The normalized spacial score (nSPS) is 11.7. The van der Waals surface area contributed by atoms with Crippen LogP contribution in [-0.2, 0) is 16.0 Å². The van der Waals surface area contributed by atoms with Crippen molar-refractivity contribution in [3.8, 4) is 0 Å². The lowest BCUT2D eigenvalue weighted by molar-refractivity contribution is 0.0429. The molecule has 0 aliphatic carbocycles. The maximum Gasteiger partial charge on any atom is 0.425 e. The summed E-state index contributed by atoms with van der Waals surface area (Å²) in [5.41, 5.74) is 0.327. The fraction of sp³-hybridized carbons (Fsp3) is 0.360. The monoisotopic (exact) mass is 528 g/mol. The van der Waals surface area contributed by atoms with Crippen LogP contribution in [0.15, 0.2) is 53.4 Å². The smallest absolute Gasteiger partial charge is 0.425 e. The van der Waals surface area contributed by atoms with Crippen molar-refractivity contribution in [2.45, 2.75) is 59.3 Å². The molecule has 0 atom stereocenters. The number of halogens is 1. The molecule has 0 aliphatic rings. The Morgan fingerprint density at radius 1 is 0.971 bits per heavy atom. The Morgan fingerprint density at radius 2 is 1.56 bits per heavy atom. The molecule has 0 spiro atoms. The van der Waals surface area contributed by atoms with E-state index in [9.17, 15) is 9.59 Å². The topological polar surface area (TPSA) is 93.7 Å². The molecule has 0 unspecified atom stereocenters. The number of nitrogens with zero attached hydrogens (tertiary/aromatic N) is 3. The van der Waals surface area contributed by atoms with Crippen molar-refractivity contribution in [1.29, 1.82) is 0 Å². The largest absolute Gasteiger partial charge is 0.443 e. The lowest BCUT2D eigenvalue weighted by atomic mass is 10.1. The van der Waals surface area contributed by atoms with Gasteiger partial charge in [0.2, 0.25) is 0 Å². The van der Waals surface area contributed by atoms with E-state index in [4.69, 9.17) is 9.47 Å². The Morgan fingerprint density at radius 3 is 2.12 bits per heavy atom. The van der Waals surface area contributed by atoms with Gasteiger partial charge in [-0.05, 0) is 81.2 Å². The van der Waals surface area contributed by atoms with Crippen molar-refractivity contribution in [3.63, 3.8) is 0 Å². The van der Waals surface area contributed by atoms with E-state index in [1.54, 1.807) is 60.1 Å². The molecule has 34 heavy (non-hydrogen) atoms. The number of hydrogen-bond acceptors (Lipinski definition) is 7. The van der Waals surface area contributed by atoms with Gasteiger partial charge in [-0.3, -0.25) is 4.98 Å². The minimum absolute atomic E-state index is 0.0928. The molecule has 0 bridgehead atoms. The molecular weight excluding hydrogens is 500 g/mol. The van der Waals surface area contributed by atoms with E-state index in [-0.39, 0.29) is 5.82 Å². The number of aromatic nitrogens is 2. The van der Waals surface area contributed by atoms with Crippen molar-refractivity contribution in [2.75, 3.05) is 10.2 Å². The third-order valence-electron chi connectivity index (χ3n) is 4.42. The van der Waals surface area contributed by atoms with Gasteiger partial charge in [-0.25, -0.2) is 14.6 Å². The van der Waals surface area contributed by atoms with E-state index in [1.807, 2.05) is 30.3 Å². The highest BCUT2D eigenvalue weighted by Gasteiger charge is 2.35. The third kappa shape index (κ3) is 6.66. The highest BCUT2D eigenvalue weighted by Crippen LogP contribution is 2.34. The van der Waals surface area contributed by atoms with Gasteiger partial charge >= 0.3 is 12.2 Å². The molecule has 180 valence electrons. The molecule has 2 amide bonds. The van der Waals surface area contributed by atoms with Gasteiger partial charge in [0.25, 0.3) is 0 Å². The Bertz CT molecular complexity index is 1160. The second-order valence-corrected chi connectivity index (χ2v) is 10.5. The highest BCUT2D eigenvalue weighted by atomic mass is 79.9. The molecule has 9 heteroatoms. The molecule has 0 saturated carbocycles. The first-order valence-electron chi connectivity index (χ1n) is 10.8. The van der Waals surface area contributed by atoms with Crippen LogP contribution in [0.25, 0.3) is 10.8 Å². The van der Waals surface area contributed by atoms with Crippen LogP contribution in [0.5, 0.6) is 0 Å². The molecule has 2 aromatic heterocycles. The van der Waals surface area contributed by atoms with Crippen LogP contribution in [0.1, 0.15) is 47.1 Å². The van der Waals surface area contributed by atoms with Crippen LogP contribution in [0.3, 0.4) is 0 Å². The first-order chi connectivity index (χ1) is 15.8. The van der Waals surface area contributed by atoms with Crippen molar-refractivity contribution in [3.05, 3.63) is 59.0 Å². The number of pyridine rings is 2. The second-order valence-electron chi connectivity index (χ2n) is 9.70. The predicted molar refractivity (Wildman–Crippen MR) is 136 cm³/mol. The summed E-state index contributed by atoms with van der Waals surface area (Å²) in [6.07, 6.45) is 3.31. The summed E-state index contributed by atoms with van der Waals surface area (Å²) in [6, 6.07) is 9.67. The Balaban J connectivity index is 1.99. The molecule has 3 rings (SSSR count). The summed E-state index contributed by atoms with van der Waals surface area (Å²) in [5.74, 6) is 0.0928. The number of carbonyl (C=O) groups excluding carboxylic acids is 2. The summed E-state index contributed by atoms with van der Waals surface area (Å²) in [7, 11) is 0. The van der Waals surface area contributed by atoms with Gasteiger partial charge in [0.05, 0.1) is 4.47 Å². The molecule has 3 aromatic rings. The zero-order valence-corrected chi connectivity index (χ0v) is 21.8. The minimum Gasteiger partial charge on any atom is -0.443 e. The van der Waals surface area contributed by atoms with E-state index in [2.05, 4.69) is 31.2 Å². The highest BCUT2D eigenvalue weighted by molar-refractivity contribution is 9.10. The fourth-order valence-electron chi connectivity index (χ4n) is 3.02. The van der Waals surface area contributed by atoms with Crippen molar-refractivity contribution in [2.24, 2.45) is 0 Å². The van der Waals surface area contributed by atoms with Crippen molar-refractivity contribution in [1.82, 2.24) is 9.97 Å². The van der Waals surface area contributed by atoms with Crippen LogP contribution >= 0.6 is 15.9 Å². The summed E-state index contributed by atoms with van der Waals surface area (Å²) in [6.45, 7) is 10.9. The van der Waals surface area contributed by atoms with E-state index >= 15 is 0 Å². The fourth-order valence-corrected chi connectivity index (χ4v) is 3.64. The van der Waals surface area contributed by atoms with Gasteiger partial charge in [-0.1, -0.05) is 12.1 Å². The Labute approximate surface area is 207 Å². The number of ether oxygens (including phenoxy) is 2. The standard InChI is InChI=1S/C25H29BrN4O4/c1-24(2,3)33-22(31)30(23(32)34-25(4,5)6)21-20(26)19-13-16(7-8-17(19)15-29-21)14-28-18-9-11-27-12-10-18/h7-13,15H,14H2,1-6H3,(H,27,28). The maximum atomic E-state index is 13.0. The van der Waals surface area contributed by atoms with Crippen LogP contribution in [0.4, 0.5) is 21.1 Å². The molecule has 0 saturated heterocycles. The summed E-state index contributed by atoms with van der Waals surface area (Å²) >= 11 is 3.56. The first kappa shape index (κ1) is 25.4. The van der Waals surface area contributed by atoms with Gasteiger partial charge in [0, 0.05) is 41.6 Å². The van der Waals surface area contributed by atoms with Gasteiger partial charge in [0.1, 0.15) is 11.2 Å². The van der Waals surface area contributed by atoms with Crippen LogP contribution in [0.2, 0.25) is 0 Å². The zero-order chi connectivity index (χ0) is 25.1. The zero-order valence-electron chi connectivity index (χ0n) is 20.2. The molecule has 8 nitrogen and oxygen atoms in total. The van der Waals surface area contributed by atoms with Gasteiger partial charge in [-0.2, -0.15) is 4.90 Å². The molecular formula is C25H29BrN4O4. The summed E-state index contributed by atoms with van der Waals surface area (Å²) in [4.78, 5) is 35.3. The van der Waals surface area contributed by atoms with Gasteiger partial charge in [0.15, 0.2) is 5.82 Å². The minimum atomic E-state index is -0.871. The number of carbonyl (C=O) groups is 2. The maximum absolute atomic E-state index is 13.0. The van der Waals surface area contributed by atoms with Gasteiger partial charge in [-0.15, -0.1) is 0 Å². The number of fused-ring (bicyclic) bond motifs is 1. The van der Waals surface area contributed by atoms with E-state index < -0.39 is 23.4 Å².